The van der Waals surface area contributed by atoms with Crippen LogP contribution in [-0.4, -0.2) is 21.5 Å². The minimum atomic E-state index is 0.287. The molecule has 1 aromatic carbocycles. The first-order chi connectivity index (χ1) is 11.2. The molecule has 0 aliphatic rings. The van der Waals surface area contributed by atoms with Gasteiger partial charge in [-0.25, -0.2) is 15.0 Å². The van der Waals surface area contributed by atoms with Crippen LogP contribution in [0.3, 0.4) is 0 Å². The number of nitrogen functional groups attached to an aromatic ring is 1. The number of benzene rings is 1. The highest BCUT2D eigenvalue weighted by molar-refractivity contribution is 5.80. The average Bonchev–Trinajstić information content (AvgIpc) is 2.56. The van der Waals surface area contributed by atoms with Crippen molar-refractivity contribution in [3.63, 3.8) is 0 Å². The number of fused-ring (bicyclic) bond motifs is 1. The van der Waals surface area contributed by atoms with Crippen molar-refractivity contribution in [3.8, 4) is 0 Å². The first-order valence-electron chi connectivity index (χ1n) is 7.92. The fourth-order valence-electron chi connectivity index (χ4n) is 2.62. The Hall–Kier alpha value is -2.69. The van der Waals surface area contributed by atoms with Crippen molar-refractivity contribution in [2.75, 3.05) is 17.2 Å². The number of aryl methyl sites for hydroxylation is 1. The number of anilines is 3. The number of aromatic nitrogens is 3. The minimum Gasteiger partial charge on any atom is -0.368 e. The van der Waals surface area contributed by atoms with Gasteiger partial charge in [0.2, 0.25) is 5.95 Å². The molecule has 5 nitrogen and oxygen atoms in total. The van der Waals surface area contributed by atoms with Crippen molar-refractivity contribution in [2.45, 2.75) is 26.7 Å². The van der Waals surface area contributed by atoms with E-state index in [1.165, 1.54) is 0 Å². The van der Waals surface area contributed by atoms with E-state index in [1.54, 1.807) is 0 Å². The molecule has 118 valence electrons. The maximum absolute atomic E-state index is 5.72. The molecule has 2 heterocycles. The number of unbranched alkanes of at least 4 members (excludes halogenated alkanes) is 1. The number of hydrogen-bond donors (Lipinski definition) is 1. The van der Waals surface area contributed by atoms with Crippen molar-refractivity contribution in [3.05, 3.63) is 48.2 Å². The van der Waals surface area contributed by atoms with E-state index in [0.717, 1.165) is 47.6 Å². The summed E-state index contributed by atoms with van der Waals surface area (Å²) in [7, 11) is 0. The molecule has 0 spiro atoms. The summed E-state index contributed by atoms with van der Waals surface area (Å²) in [5.41, 5.74) is 9.24. The molecule has 0 unspecified atom stereocenters. The number of hydrogen-bond acceptors (Lipinski definition) is 5. The SMILES string of the molecule is CCCCN(c1ccccc1)c1ccc2nc(N)nc(C)c2n1. The van der Waals surface area contributed by atoms with Crippen molar-refractivity contribution in [1.82, 2.24) is 15.0 Å². The molecule has 0 saturated carbocycles. The summed E-state index contributed by atoms with van der Waals surface area (Å²) in [6.45, 7) is 5.03. The predicted octanol–water partition coefficient (Wildman–Crippen LogP) is 3.85. The second-order valence-electron chi connectivity index (χ2n) is 5.55. The molecule has 23 heavy (non-hydrogen) atoms. The molecule has 0 fully saturated rings. The Morgan fingerprint density at radius 2 is 1.78 bits per heavy atom. The number of nitrogens with two attached hydrogens (primary N) is 1. The van der Waals surface area contributed by atoms with E-state index in [4.69, 9.17) is 10.7 Å². The molecule has 0 saturated heterocycles. The third-order valence-corrected chi connectivity index (χ3v) is 3.80. The Morgan fingerprint density at radius 3 is 2.52 bits per heavy atom. The Labute approximate surface area is 136 Å². The van der Waals surface area contributed by atoms with Crippen molar-refractivity contribution >= 4 is 28.5 Å². The Kier molecular flexibility index (Phi) is 4.37. The lowest BCUT2D eigenvalue weighted by molar-refractivity contribution is 0.780. The molecule has 0 radical (unpaired) electrons. The summed E-state index contributed by atoms with van der Waals surface area (Å²) in [6.07, 6.45) is 2.24. The summed E-state index contributed by atoms with van der Waals surface area (Å²) >= 11 is 0. The molecule has 0 aliphatic heterocycles. The second kappa shape index (κ2) is 6.60. The minimum absolute atomic E-state index is 0.287. The van der Waals surface area contributed by atoms with Crippen LogP contribution in [0.4, 0.5) is 17.5 Å². The molecular weight excluding hydrogens is 286 g/mol. The number of pyridine rings is 1. The van der Waals surface area contributed by atoms with E-state index >= 15 is 0 Å². The van der Waals surface area contributed by atoms with E-state index in [9.17, 15) is 0 Å². The maximum Gasteiger partial charge on any atom is 0.220 e. The van der Waals surface area contributed by atoms with Crippen LogP contribution in [0.5, 0.6) is 0 Å². The van der Waals surface area contributed by atoms with Crippen LogP contribution < -0.4 is 10.6 Å². The predicted molar refractivity (Wildman–Crippen MR) is 94.8 cm³/mol. The Balaban J connectivity index is 2.07. The zero-order chi connectivity index (χ0) is 16.2. The summed E-state index contributed by atoms with van der Waals surface area (Å²) in [5, 5.41) is 0. The van der Waals surface area contributed by atoms with Gasteiger partial charge in [-0.05, 0) is 37.6 Å². The lowest BCUT2D eigenvalue weighted by Gasteiger charge is -2.24. The highest BCUT2D eigenvalue weighted by Crippen LogP contribution is 2.26. The maximum atomic E-state index is 5.72. The lowest BCUT2D eigenvalue weighted by Crippen LogP contribution is -2.19. The normalized spacial score (nSPS) is 10.9. The first-order valence-corrected chi connectivity index (χ1v) is 7.92. The molecule has 0 amide bonds. The molecule has 2 aromatic heterocycles. The summed E-state index contributed by atoms with van der Waals surface area (Å²) in [5.74, 6) is 1.20. The van der Waals surface area contributed by atoms with E-state index in [1.807, 2.05) is 37.3 Å². The Morgan fingerprint density at radius 1 is 1.00 bits per heavy atom. The second-order valence-corrected chi connectivity index (χ2v) is 5.55. The lowest BCUT2D eigenvalue weighted by atomic mass is 10.2. The third kappa shape index (κ3) is 3.23. The summed E-state index contributed by atoms with van der Waals surface area (Å²) in [6, 6.07) is 14.3. The van der Waals surface area contributed by atoms with Gasteiger partial charge in [0.1, 0.15) is 11.3 Å². The Bertz CT molecular complexity index is 801. The number of nitrogens with zero attached hydrogens (tertiary/aromatic N) is 4. The van der Waals surface area contributed by atoms with Crippen LogP contribution in [0.1, 0.15) is 25.5 Å². The van der Waals surface area contributed by atoms with Crippen LogP contribution >= 0.6 is 0 Å². The molecular formula is C18H21N5. The summed E-state index contributed by atoms with van der Waals surface area (Å²) in [4.78, 5) is 15.5. The van der Waals surface area contributed by atoms with Crippen LogP contribution in [0.25, 0.3) is 11.0 Å². The van der Waals surface area contributed by atoms with Gasteiger partial charge in [-0.15, -0.1) is 0 Å². The summed E-state index contributed by atoms with van der Waals surface area (Å²) < 4.78 is 0. The van der Waals surface area contributed by atoms with E-state index < -0.39 is 0 Å². The van der Waals surface area contributed by atoms with Gasteiger partial charge in [0.15, 0.2) is 0 Å². The van der Waals surface area contributed by atoms with Crippen LogP contribution in [0.15, 0.2) is 42.5 Å². The van der Waals surface area contributed by atoms with Gasteiger partial charge in [0.25, 0.3) is 0 Å². The zero-order valence-electron chi connectivity index (χ0n) is 13.5. The molecule has 3 rings (SSSR count). The quantitative estimate of drug-likeness (QED) is 0.775. The van der Waals surface area contributed by atoms with E-state index in [2.05, 4.69) is 33.9 Å². The molecule has 0 atom stereocenters. The highest BCUT2D eigenvalue weighted by atomic mass is 15.2. The zero-order valence-corrected chi connectivity index (χ0v) is 13.5. The van der Waals surface area contributed by atoms with Gasteiger partial charge in [0.05, 0.1) is 11.2 Å². The fraction of sp³-hybridized carbons (Fsp3) is 0.278. The van der Waals surface area contributed by atoms with Crippen LogP contribution in [-0.2, 0) is 0 Å². The average molecular weight is 307 g/mol. The van der Waals surface area contributed by atoms with Gasteiger partial charge in [0, 0.05) is 12.2 Å². The van der Waals surface area contributed by atoms with Crippen molar-refractivity contribution in [2.24, 2.45) is 0 Å². The third-order valence-electron chi connectivity index (χ3n) is 3.80. The monoisotopic (exact) mass is 307 g/mol. The van der Waals surface area contributed by atoms with Crippen molar-refractivity contribution in [1.29, 1.82) is 0 Å². The van der Waals surface area contributed by atoms with E-state index in [-0.39, 0.29) is 5.95 Å². The van der Waals surface area contributed by atoms with Gasteiger partial charge in [-0.3, -0.25) is 0 Å². The highest BCUT2D eigenvalue weighted by Gasteiger charge is 2.12. The van der Waals surface area contributed by atoms with Gasteiger partial charge in [-0.2, -0.15) is 0 Å². The fourth-order valence-corrected chi connectivity index (χ4v) is 2.62. The van der Waals surface area contributed by atoms with Crippen LogP contribution in [0.2, 0.25) is 0 Å². The first kappa shape index (κ1) is 15.2. The molecule has 2 N–H and O–H groups in total. The topological polar surface area (TPSA) is 67.9 Å². The standard InChI is InChI=1S/C18H21N5/c1-3-4-12-23(14-8-6-5-7-9-14)16-11-10-15-17(22-16)13(2)20-18(19)21-15/h5-11H,3-4,12H2,1-2H3,(H2,19,20,21). The van der Waals surface area contributed by atoms with Crippen LogP contribution in [0, 0.1) is 6.92 Å². The largest absolute Gasteiger partial charge is 0.368 e. The molecule has 0 aliphatic carbocycles. The van der Waals surface area contributed by atoms with E-state index in [0.29, 0.717) is 0 Å². The molecule has 5 heteroatoms. The van der Waals surface area contributed by atoms with Crippen molar-refractivity contribution < 1.29 is 0 Å². The molecule has 3 aromatic rings. The smallest absolute Gasteiger partial charge is 0.220 e. The van der Waals surface area contributed by atoms with Gasteiger partial charge >= 0.3 is 0 Å². The van der Waals surface area contributed by atoms with Gasteiger partial charge < -0.3 is 10.6 Å². The van der Waals surface area contributed by atoms with Gasteiger partial charge in [-0.1, -0.05) is 31.5 Å². The number of rotatable bonds is 5. The molecule has 0 bridgehead atoms. The number of para-hydroxylation sites is 1.